The lowest BCUT2D eigenvalue weighted by Crippen LogP contribution is -2.15. The smallest absolute Gasteiger partial charge is 0.234 e. The van der Waals surface area contributed by atoms with Gasteiger partial charge in [0.15, 0.2) is 5.16 Å². The van der Waals surface area contributed by atoms with Gasteiger partial charge in [-0.25, -0.2) is 0 Å². The Kier molecular flexibility index (Phi) is 11.9. The highest BCUT2D eigenvalue weighted by molar-refractivity contribution is 9.10. The molecule has 3 aromatic rings. The van der Waals surface area contributed by atoms with Crippen molar-refractivity contribution in [2.24, 2.45) is 0 Å². The maximum Gasteiger partial charge on any atom is 0.234 e. The summed E-state index contributed by atoms with van der Waals surface area (Å²) in [7, 11) is 0. The van der Waals surface area contributed by atoms with Gasteiger partial charge in [0.05, 0.1) is 12.4 Å². The second-order valence-electron chi connectivity index (χ2n) is 9.68. The van der Waals surface area contributed by atoms with Crippen LogP contribution < -0.4 is 10.1 Å². The number of halogens is 1. The first kappa shape index (κ1) is 30.0. The molecule has 0 spiro atoms. The number of hydrogen-bond acceptors (Lipinski definition) is 5. The van der Waals surface area contributed by atoms with E-state index in [1.54, 1.807) is 0 Å². The number of nitrogens with one attached hydrogen (secondary N) is 1. The third kappa shape index (κ3) is 8.73. The Balaban J connectivity index is 1.52. The Hall–Kier alpha value is -2.58. The number of benzene rings is 2. The Morgan fingerprint density at radius 2 is 1.95 bits per heavy atom. The Labute approximate surface area is 239 Å². The van der Waals surface area contributed by atoms with Gasteiger partial charge in [-0.15, -0.1) is 16.8 Å². The molecule has 0 aliphatic heterocycles. The molecule has 1 amide bonds. The number of hydrogen-bond donors (Lipinski definition) is 1. The van der Waals surface area contributed by atoms with E-state index in [2.05, 4.69) is 90.0 Å². The van der Waals surface area contributed by atoms with Crippen molar-refractivity contribution in [3.63, 3.8) is 0 Å². The predicted molar refractivity (Wildman–Crippen MR) is 161 cm³/mol. The van der Waals surface area contributed by atoms with E-state index in [-0.39, 0.29) is 11.7 Å². The second kappa shape index (κ2) is 15.1. The van der Waals surface area contributed by atoms with Gasteiger partial charge >= 0.3 is 0 Å². The van der Waals surface area contributed by atoms with Gasteiger partial charge in [-0.1, -0.05) is 73.1 Å². The molecule has 0 saturated carbocycles. The third-order valence-electron chi connectivity index (χ3n) is 6.21. The molecule has 204 valence electrons. The molecule has 1 aromatic heterocycles. The van der Waals surface area contributed by atoms with E-state index in [1.807, 2.05) is 22.8 Å². The minimum absolute atomic E-state index is 0.0648. The van der Waals surface area contributed by atoms with Crippen molar-refractivity contribution in [3.05, 3.63) is 76.0 Å². The fourth-order valence-corrected chi connectivity index (χ4v) is 5.75. The summed E-state index contributed by atoms with van der Waals surface area (Å²) in [6.45, 7) is 13.7. The minimum atomic E-state index is -0.0648. The van der Waals surface area contributed by atoms with E-state index >= 15 is 0 Å². The summed E-state index contributed by atoms with van der Waals surface area (Å²) in [5, 5.41) is 12.4. The summed E-state index contributed by atoms with van der Waals surface area (Å²) in [4.78, 5) is 12.5. The monoisotopic (exact) mass is 598 g/mol. The van der Waals surface area contributed by atoms with Crippen LogP contribution in [0.3, 0.4) is 0 Å². The van der Waals surface area contributed by atoms with Gasteiger partial charge in [-0.05, 0) is 73.1 Å². The third-order valence-corrected chi connectivity index (χ3v) is 7.87. The zero-order chi connectivity index (χ0) is 27.5. The molecule has 8 heteroatoms. The Morgan fingerprint density at radius 1 is 1.18 bits per heavy atom. The molecule has 0 unspecified atom stereocenters. The van der Waals surface area contributed by atoms with E-state index in [4.69, 9.17) is 4.74 Å². The molecule has 2 aromatic carbocycles. The molecule has 0 fully saturated rings. The summed E-state index contributed by atoms with van der Waals surface area (Å²) in [6.07, 6.45) is 6.77. The molecule has 1 N–H and O–H groups in total. The Morgan fingerprint density at radius 3 is 2.63 bits per heavy atom. The number of unbranched alkanes of at least 4 members (excludes halogenated alkanes) is 1. The summed E-state index contributed by atoms with van der Waals surface area (Å²) >= 11 is 5.05. The van der Waals surface area contributed by atoms with Crippen molar-refractivity contribution in [2.75, 3.05) is 17.7 Å². The zero-order valence-corrected chi connectivity index (χ0v) is 25.3. The quantitative estimate of drug-likeness (QED) is 0.110. The summed E-state index contributed by atoms with van der Waals surface area (Å²) in [5.74, 6) is 2.40. The highest BCUT2D eigenvalue weighted by atomic mass is 79.9. The second-order valence-corrected chi connectivity index (χ2v) is 11.5. The van der Waals surface area contributed by atoms with Crippen molar-refractivity contribution < 1.29 is 9.53 Å². The van der Waals surface area contributed by atoms with Crippen LogP contribution in [-0.2, 0) is 24.2 Å². The normalized spacial score (nSPS) is 11.1. The van der Waals surface area contributed by atoms with Crippen LogP contribution in [0.15, 0.2) is 58.7 Å². The van der Waals surface area contributed by atoms with Gasteiger partial charge in [-0.2, -0.15) is 0 Å². The van der Waals surface area contributed by atoms with Crippen molar-refractivity contribution in [1.82, 2.24) is 14.8 Å². The van der Waals surface area contributed by atoms with Crippen LogP contribution in [0.2, 0.25) is 0 Å². The maximum absolute atomic E-state index is 12.5. The molecule has 0 bridgehead atoms. The Bertz CT molecular complexity index is 1210. The number of rotatable bonds is 15. The van der Waals surface area contributed by atoms with E-state index in [0.29, 0.717) is 19.1 Å². The number of anilines is 1. The minimum Gasteiger partial charge on any atom is -0.493 e. The molecule has 0 aliphatic rings. The number of allylic oxidation sites excluding steroid dienone is 1. The van der Waals surface area contributed by atoms with Crippen LogP contribution in [-0.4, -0.2) is 33.0 Å². The van der Waals surface area contributed by atoms with Crippen molar-refractivity contribution in [2.45, 2.75) is 77.4 Å². The highest BCUT2D eigenvalue weighted by Crippen LogP contribution is 2.31. The molecule has 0 radical (unpaired) electrons. The van der Waals surface area contributed by atoms with Crippen LogP contribution >= 0.6 is 27.7 Å². The number of nitrogens with zero attached hydrogens (tertiary/aromatic N) is 3. The van der Waals surface area contributed by atoms with Gasteiger partial charge in [0.25, 0.3) is 0 Å². The average molecular weight is 600 g/mol. The number of thioether (sulfide) groups is 1. The largest absolute Gasteiger partial charge is 0.493 e. The highest BCUT2D eigenvalue weighted by Gasteiger charge is 2.14. The molecule has 1 heterocycles. The average Bonchev–Trinajstić information content (AvgIpc) is 3.27. The fraction of sp³-hybridized carbons (Fsp3) is 0.433. The number of carbonyl (C=O) groups excluding carboxylic acids is 1. The number of aromatic nitrogens is 3. The fourth-order valence-electron chi connectivity index (χ4n) is 4.06. The van der Waals surface area contributed by atoms with Crippen LogP contribution in [0.4, 0.5) is 5.69 Å². The van der Waals surface area contributed by atoms with E-state index in [0.717, 1.165) is 51.7 Å². The lowest BCUT2D eigenvalue weighted by molar-refractivity contribution is -0.113. The predicted octanol–water partition coefficient (Wildman–Crippen LogP) is 7.74. The molecule has 0 saturated heterocycles. The SMILES string of the molecule is C=CCn1c(CCCOc2cc(C(C)C)c(Br)cc2C)nnc1SCC(=O)Nc1ccc(CCCC)cc1. The first-order chi connectivity index (χ1) is 18.3. The molecule has 38 heavy (non-hydrogen) atoms. The molecule has 0 atom stereocenters. The summed E-state index contributed by atoms with van der Waals surface area (Å²) in [5.41, 5.74) is 4.46. The zero-order valence-electron chi connectivity index (χ0n) is 22.9. The first-order valence-corrected chi connectivity index (χ1v) is 15.1. The van der Waals surface area contributed by atoms with Crippen LogP contribution in [0.5, 0.6) is 5.75 Å². The van der Waals surface area contributed by atoms with E-state index < -0.39 is 0 Å². The first-order valence-electron chi connectivity index (χ1n) is 13.3. The number of ether oxygens (including phenoxy) is 1. The van der Waals surface area contributed by atoms with Gasteiger partial charge in [0, 0.05) is 23.1 Å². The molecular formula is C30H39BrN4O2S. The molecule has 6 nitrogen and oxygen atoms in total. The van der Waals surface area contributed by atoms with Crippen molar-refractivity contribution >= 4 is 39.3 Å². The molecular weight excluding hydrogens is 560 g/mol. The molecule has 3 rings (SSSR count). The maximum atomic E-state index is 12.5. The van der Waals surface area contributed by atoms with Crippen molar-refractivity contribution in [3.8, 4) is 5.75 Å². The topological polar surface area (TPSA) is 69.0 Å². The summed E-state index contributed by atoms with van der Waals surface area (Å²) in [6, 6.07) is 12.3. The lowest BCUT2D eigenvalue weighted by Gasteiger charge is -2.15. The standard InChI is InChI=1S/C30H39BrN4O2S/c1-6-8-10-23-12-14-24(15-13-23)32-29(36)20-38-30-34-33-28(35(30)16-7-2)11-9-17-37-27-19-25(21(3)4)26(31)18-22(27)5/h7,12-15,18-19,21H,2,6,8-11,16-17,20H2,1,3-5H3,(H,32,36). The number of aryl methyl sites for hydroxylation is 3. The number of amides is 1. The molecule has 0 aliphatic carbocycles. The van der Waals surface area contributed by atoms with Crippen molar-refractivity contribution in [1.29, 1.82) is 0 Å². The van der Waals surface area contributed by atoms with Crippen LogP contribution in [0, 0.1) is 6.92 Å². The summed E-state index contributed by atoms with van der Waals surface area (Å²) < 4.78 is 9.26. The lowest BCUT2D eigenvalue weighted by atomic mass is 10.0. The van der Waals surface area contributed by atoms with E-state index in [9.17, 15) is 4.79 Å². The van der Waals surface area contributed by atoms with E-state index in [1.165, 1.54) is 35.7 Å². The van der Waals surface area contributed by atoms with Gasteiger partial charge in [0.2, 0.25) is 5.91 Å². The van der Waals surface area contributed by atoms with Gasteiger partial charge in [-0.3, -0.25) is 4.79 Å². The van der Waals surface area contributed by atoms with Gasteiger partial charge in [0.1, 0.15) is 11.6 Å². The number of carbonyl (C=O) groups is 1. The van der Waals surface area contributed by atoms with Gasteiger partial charge < -0.3 is 14.6 Å². The van der Waals surface area contributed by atoms with Crippen LogP contribution in [0.25, 0.3) is 0 Å². The van der Waals surface area contributed by atoms with Crippen LogP contribution in [0.1, 0.15) is 68.5 Å².